The van der Waals surface area contributed by atoms with E-state index >= 15 is 0 Å². The third kappa shape index (κ3) is 3.47. The van der Waals surface area contributed by atoms with E-state index < -0.39 is 0 Å². The van der Waals surface area contributed by atoms with E-state index in [9.17, 15) is 9.59 Å². The van der Waals surface area contributed by atoms with Crippen molar-refractivity contribution in [2.24, 2.45) is 0 Å². The summed E-state index contributed by atoms with van der Waals surface area (Å²) in [7, 11) is 0. The van der Waals surface area contributed by atoms with Crippen molar-refractivity contribution in [3.05, 3.63) is 35.8 Å². The predicted molar refractivity (Wildman–Crippen MR) is 102 cm³/mol. The van der Waals surface area contributed by atoms with Crippen molar-refractivity contribution in [2.75, 3.05) is 44.2 Å². The lowest BCUT2D eigenvalue weighted by atomic mass is 10.0. The second kappa shape index (κ2) is 7.79. The van der Waals surface area contributed by atoms with Gasteiger partial charge in [-0.25, -0.2) is 14.8 Å². The Morgan fingerprint density at radius 1 is 1.25 bits per heavy atom. The van der Waals surface area contributed by atoms with Crippen molar-refractivity contribution >= 4 is 17.8 Å². The predicted octanol–water partition coefficient (Wildman–Crippen LogP) is 1.10. The van der Waals surface area contributed by atoms with Crippen molar-refractivity contribution in [1.82, 2.24) is 25.2 Å². The Morgan fingerprint density at radius 3 is 2.79 bits per heavy atom. The first-order chi connectivity index (χ1) is 13.7. The molecule has 1 fully saturated rings. The van der Waals surface area contributed by atoms with Gasteiger partial charge in [-0.1, -0.05) is 0 Å². The average molecular weight is 382 g/mol. The Hall–Kier alpha value is -3.23. The maximum atomic E-state index is 12.4. The van der Waals surface area contributed by atoms with Crippen molar-refractivity contribution in [2.45, 2.75) is 13.3 Å². The molecule has 2 aliphatic heterocycles. The van der Waals surface area contributed by atoms with Gasteiger partial charge >= 0.3 is 6.09 Å². The highest BCUT2D eigenvalue weighted by Crippen LogP contribution is 2.28. The largest absolute Gasteiger partial charge is 0.450 e. The number of aromatic nitrogens is 3. The second-order valence-corrected chi connectivity index (χ2v) is 6.62. The Bertz CT molecular complexity index is 881. The van der Waals surface area contributed by atoms with Crippen molar-refractivity contribution in [3.63, 3.8) is 0 Å². The molecule has 1 saturated heterocycles. The van der Waals surface area contributed by atoms with Gasteiger partial charge < -0.3 is 19.9 Å². The molecule has 0 saturated carbocycles. The molecule has 1 N–H and O–H groups in total. The van der Waals surface area contributed by atoms with Crippen LogP contribution in [0.15, 0.2) is 24.5 Å². The summed E-state index contributed by atoms with van der Waals surface area (Å²) < 4.78 is 5.09. The Kier molecular flexibility index (Phi) is 5.05. The molecule has 146 valence electrons. The number of nitrogens with one attached hydrogen (secondary N) is 1. The number of hydrogen-bond donors (Lipinski definition) is 1. The van der Waals surface area contributed by atoms with E-state index in [0.29, 0.717) is 57.3 Å². The van der Waals surface area contributed by atoms with E-state index in [4.69, 9.17) is 9.72 Å². The van der Waals surface area contributed by atoms with E-state index in [2.05, 4.69) is 20.2 Å². The zero-order chi connectivity index (χ0) is 19.5. The number of fused-ring (bicyclic) bond motifs is 1. The van der Waals surface area contributed by atoms with E-state index in [1.807, 2.05) is 12.1 Å². The molecule has 2 amide bonds. The summed E-state index contributed by atoms with van der Waals surface area (Å²) in [4.78, 5) is 41.6. The van der Waals surface area contributed by atoms with Crippen molar-refractivity contribution in [3.8, 4) is 11.4 Å². The smallest absolute Gasteiger partial charge is 0.409 e. The molecule has 9 nitrogen and oxygen atoms in total. The van der Waals surface area contributed by atoms with E-state index in [0.717, 1.165) is 16.9 Å². The SMILES string of the molecule is CCOC(=O)N1CCN(c2nc(-c3cccnc3)nc3c2CCNC3=O)CC1. The molecule has 28 heavy (non-hydrogen) atoms. The molecule has 2 aromatic rings. The van der Waals surface area contributed by atoms with Crippen LogP contribution >= 0.6 is 0 Å². The van der Waals surface area contributed by atoms with E-state index in [-0.39, 0.29) is 12.0 Å². The Labute approximate surface area is 162 Å². The van der Waals surface area contributed by atoms with Crippen LogP contribution in [0.25, 0.3) is 11.4 Å². The summed E-state index contributed by atoms with van der Waals surface area (Å²) in [6, 6.07) is 3.69. The molecule has 4 heterocycles. The minimum Gasteiger partial charge on any atom is -0.450 e. The maximum Gasteiger partial charge on any atom is 0.409 e. The average Bonchev–Trinajstić information content (AvgIpc) is 2.74. The van der Waals surface area contributed by atoms with Gasteiger partial charge in [0, 0.05) is 56.2 Å². The highest BCUT2D eigenvalue weighted by Gasteiger charge is 2.29. The van der Waals surface area contributed by atoms with Crippen LogP contribution in [0.1, 0.15) is 23.0 Å². The monoisotopic (exact) mass is 382 g/mol. The number of pyridine rings is 1. The quantitative estimate of drug-likeness (QED) is 0.848. The lowest BCUT2D eigenvalue weighted by Crippen LogP contribution is -2.50. The molecule has 0 aromatic carbocycles. The van der Waals surface area contributed by atoms with Crippen LogP contribution in [0, 0.1) is 0 Å². The van der Waals surface area contributed by atoms with Gasteiger partial charge in [-0.05, 0) is 25.5 Å². The van der Waals surface area contributed by atoms with Crippen LogP contribution in [0.4, 0.5) is 10.6 Å². The maximum absolute atomic E-state index is 12.4. The zero-order valence-corrected chi connectivity index (χ0v) is 15.7. The van der Waals surface area contributed by atoms with E-state index in [1.165, 1.54) is 0 Å². The fourth-order valence-electron chi connectivity index (χ4n) is 3.48. The van der Waals surface area contributed by atoms with Gasteiger partial charge in [0.05, 0.1) is 6.61 Å². The number of ether oxygens (including phenoxy) is 1. The third-order valence-electron chi connectivity index (χ3n) is 4.89. The fraction of sp³-hybridized carbons (Fsp3) is 0.421. The van der Waals surface area contributed by atoms with Crippen LogP contribution in [0.5, 0.6) is 0 Å². The van der Waals surface area contributed by atoms with E-state index in [1.54, 1.807) is 24.2 Å². The van der Waals surface area contributed by atoms with Gasteiger partial charge in [-0.3, -0.25) is 9.78 Å². The summed E-state index contributed by atoms with van der Waals surface area (Å²) in [5.74, 6) is 1.06. The number of carbonyl (C=O) groups is 2. The van der Waals surface area contributed by atoms with Gasteiger partial charge in [0.2, 0.25) is 0 Å². The lowest BCUT2D eigenvalue weighted by molar-refractivity contribution is 0.0940. The van der Waals surface area contributed by atoms with Gasteiger partial charge in [-0.15, -0.1) is 0 Å². The standard InChI is InChI=1S/C19H22N6O3/c1-2-28-19(27)25-10-8-24(9-11-25)17-14-5-7-21-18(26)15(14)22-16(23-17)13-4-3-6-20-12-13/h3-4,6,12H,2,5,7-11H2,1H3,(H,21,26). The number of anilines is 1. The van der Waals surface area contributed by atoms with Crippen LogP contribution in [0.3, 0.4) is 0 Å². The van der Waals surface area contributed by atoms with Crippen molar-refractivity contribution in [1.29, 1.82) is 0 Å². The lowest BCUT2D eigenvalue weighted by Gasteiger charge is -2.36. The summed E-state index contributed by atoms with van der Waals surface area (Å²) in [5, 5.41) is 2.85. The molecule has 0 atom stereocenters. The fourth-order valence-corrected chi connectivity index (χ4v) is 3.48. The van der Waals surface area contributed by atoms with Crippen LogP contribution < -0.4 is 10.2 Å². The topological polar surface area (TPSA) is 101 Å². The molecule has 2 aromatic heterocycles. The first kappa shape index (κ1) is 18.1. The molecule has 2 aliphatic rings. The molecule has 0 aliphatic carbocycles. The minimum absolute atomic E-state index is 0.180. The first-order valence-electron chi connectivity index (χ1n) is 9.43. The number of carbonyl (C=O) groups excluding carboxylic acids is 2. The van der Waals surface area contributed by atoms with Crippen LogP contribution in [-0.2, 0) is 11.2 Å². The summed E-state index contributed by atoms with van der Waals surface area (Å²) in [6.45, 7) is 5.07. The Morgan fingerprint density at radius 2 is 2.07 bits per heavy atom. The van der Waals surface area contributed by atoms with Gasteiger partial charge in [0.25, 0.3) is 5.91 Å². The Balaban J connectivity index is 1.66. The highest BCUT2D eigenvalue weighted by molar-refractivity contribution is 5.96. The van der Waals surface area contributed by atoms with Gasteiger partial charge in [0.15, 0.2) is 5.82 Å². The normalized spacial score (nSPS) is 16.4. The number of nitrogens with zero attached hydrogens (tertiary/aromatic N) is 5. The molecular formula is C19H22N6O3. The molecule has 9 heteroatoms. The minimum atomic E-state index is -0.290. The van der Waals surface area contributed by atoms with Crippen LogP contribution in [-0.4, -0.2) is 71.2 Å². The number of amides is 2. The molecule has 0 bridgehead atoms. The number of piperazine rings is 1. The third-order valence-corrected chi connectivity index (χ3v) is 4.89. The number of rotatable bonds is 3. The van der Waals surface area contributed by atoms with Gasteiger partial charge in [0.1, 0.15) is 11.5 Å². The van der Waals surface area contributed by atoms with Gasteiger partial charge in [-0.2, -0.15) is 0 Å². The van der Waals surface area contributed by atoms with Crippen LogP contribution in [0.2, 0.25) is 0 Å². The number of hydrogen-bond acceptors (Lipinski definition) is 7. The zero-order valence-electron chi connectivity index (χ0n) is 15.7. The first-order valence-corrected chi connectivity index (χ1v) is 9.43. The highest BCUT2D eigenvalue weighted by atomic mass is 16.6. The molecule has 0 spiro atoms. The summed E-state index contributed by atoms with van der Waals surface area (Å²) in [5.41, 5.74) is 2.04. The second-order valence-electron chi connectivity index (χ2n) is 6.62. The molecule has 4 rings (SSSR count). The summed E-state index contributed by atoms with van der Waals surface area (Å²) >= 11 is 0. The molecule has 0 radical (unpaired) electrons. The molecular weight excluding hydrogens is 360 g/mol. The summed E-state index contributed by atoms with van der Waals surface area (Å²) in [6.07, 6.45) is 3.76. The van der Waals surface area contributed by atoms with Crippen molar-refractivity contribution < 1.29 is 14.3 Å². The molecule has 0 unspecified atom stereocenters.